The van der Waals surface area contributed by atoms with Gasteiger partial charge in [-0.15, -0.1) is 13.2 Å². The Balaban J connectivity index is 0.000000557. The third kappa shape index (κ3) is 11.0. The van der Waals surface area contributed by atoms with Crippen molar-refractivity contribution in [1.29, 1.82) is 0 Å². The van der Waals surface area contributed by atoms with Gasteiger partial charge in [0, 0.05) is 0 Å². The van der Waals surface area contributed by atoms with Crippen molar-refractivity contribution in [1.82, 2.24) is 0 Å². The van der Waals surface area contributed by atoms with Crippen LogP contribution in [0.25, 0.3) is 0 Å². The highest BCUT2D eigenvalue weighted by Crippen LogP contribution is 2.20. The Morgan fingerprint density at radius 3 is 1.16 bits per heavy atom. The molecule has 0 saturated heterocycles. The Morgan fingerprint density at radius 1 is 0.594 bits per heavy atom. The Morgan fingerprint density at radius 2 is 0.906 bits per heavy atom. The van der Waals surface area contributed by atoms with E-state index in [4.69, 9.17) is 34.4 Å². The summed E-state index contributed by atoms with van der Waals surface area (Å²) in [6, 6.07) is 11.7. The number of nitrogens with zero attached hydrogens (tertiary/aromatic N) is 4. The van der Waals surface area contributed by atoms with Gasteiger partial charge in [0.2, 0.25) is 11.9 Å². The van der Waals surface area contributed by atoms with Crippen LogP contribution in [0.5, 0.6) is 0 Å². The number of guanidine groups is 4. The normalized spacial score (nSPS) is 10.6. The van der Waals surface area contributed by atoms with E-state index < -0.39 is 0 Å². The SMILES string of the molecule is C=C.Cc1ccc(N=C(N)N=C(N)N)c(C)c1.Cc1ccc(N=C(N)N=C(N)N)c(C)c1. The molecule has 2 aromatic rings. The Hall–Kier alpha value is -4.34. The first-order chi connectivity index (χ1) is 15.0. The van der Waals surface area contributed by atoms with Gasteiger partial charge in [-0.1, -0.05) is 35.4 Å². The van der Waals surface area contributed by atoms with E-state index in [1.807, 2.05) is 64.1 Å². The van der Waals surface area contributed by atoms with Crippen molar-refractivity contribution in [3.63, 3.8) is 0 Å². The van der Waals surface area contributed by atoms with Gasteiger partial charge in [0.1, 0.15) is 0 Å². The van der Waals surface area contributed by atoms with Gasteiger partial charge < -0.3 is 34.4 Å². The Labute approximate surface area is 189 Å². The maximum absolute atomic E-state index is 5.52. The minimum atomic E-state index is -0.0963. The highest BCUT2D eigenvalue weighted by Gasteiger charge is 1.98. The monoisotopic (exact) mass is 438 g/mol. The molecule has 0 aliphatic heterocycles. The highest BCUT2D eigenvalue weighted by atomic mass is 15.1. The number of hydrogen-bond donors (Lipinski definition) is 6. The largest absolute Gasteiger partial charge is 0.370 e. The molecule has 0 fully saturated rings. The zero-order valence-electron chi connectivity index (χ0n) is 19.1. The van der Waals surface area contributed by atoms with Crippen LogP contribution >= 0.6 is 0 Å². The van der Waals surface area contributed by atoms with Gasteiger partial charge in [0.05, 0.1) is 11.4 Å². The van der Waals surface area contributed by atoms with Crippen LogP contribution in [0.1, 0.15) is 22.3 Å². The van der Waals surface area contributed by atoms with E-state index in [9.17, 15) is 0 Å². The third-order valence-electron chi connectivity index (χ3n) is 3.66. The lowest BCUT2D eigenvalue weighted by Crippen LogP contribution is -2.26. The lowest BCUT2D eigenvalue weighted by molar-refractivity contribution is 1.32. The molecule has 2 aromatic carbocycles. The molecule has 0 bridgehead atoms. The molecule has 0 aromatic heterocycles. The van der Waals surface area contributed by atoms with E-state index in [1.54, 1.807) is 0 Å². The Bertz CT molecular complexity index is 930. The molecule has 0 aliphatic carbocycles. The van der Waals surface area contributed by atoms with Crippen LogP contribution < -0.4 is 34.4 Å². The summed E-state index contributed by atoms with van der Waals surface area (Å²) < 4.78 is 0. The fourth-order valence-corrected chi connectivity index (χ4v) is 2.42. The standard InChI is InChI=1S/2C10H15N5.C2H4/c2*1-6-3-4-8(7(2)5-6)14-10(13)15-9(11)12;1-2/h2*3-5H,1-2H3,(H6,11,12,13,14,15);1-2H2. The lowest BCUT2D eigenvalue weighted by Gasteiger charge is -2.01. The summed E-state index contributed by atoms with van der Waals surface area (Å²) in [5, 5.41) is 0. The van der Waals surface area contributed by atoms with Crippen molar-refractivity contribution in [2.24, 2.45) is 54.4 Å². The van der Waals surface area contributed by atoms with Crippen LogP contribution in [0.3, 0.4) is 0 Å². The molecule has 0 heterocycles. The second kappa shape index (κ2) is 13.8. The first-order valence-corrected chi connectivity index (χ1v) is 9.50. The highest BCUT2D eigenvalue weighted by molar-refractivity contribution is 5.94. The molecule has 2 rings (SSSR count). The van der Waals surface area contributed by atoms with Crippen molar-refractivity contribution in [3.8, 4) is 0 Å². The molecule has 0 aliphatic rings. The van der Waals surface area contributed by atoms with Crippen LogP contribution in [0.2, 0.25) is 0 Å². The predicted molar refractivity (Wildman–Crippen MR) is 137 cm³/mol. The van der Waals surface area contributed by atoms with E-state index in [0.717, 1.165) is 22.5 Å². The zero-order chi connectivity index (χ0) is 24.8. The molecule has 10 heteroatoms. The molecular formula is C22H34N10. The first-order valence-electron chi connectivity index (χ1n) is 9.50. The summed E-state index contributed by atoms with van der Waals surface area (Å²) in [5.41, 5.74) is 37.7. The van der Waals surface area contributed by atoms with E-state index in [1.165, 1.54) is 11.1 Å². The minimum absolute atomic E-state index is 0.0574. The fourth-order valence-electron chi connectivity index (χ4n) is 2.42. The molecular weight excluding hydrogens is 404 g/mol. The topological polar surface area (TPSA) is 206 Å². The van der Waals surface area contributed by atoms with Gasteiger partial charge >= 0.3 is 0 Å². The van der Waals surface area contributed by atoms with Gasteiger partial charge in [-0.3, -0.25) is 0 Å². The molecule has 172 valence electrons. The predicted octanol–water partition coefficient (Wildman–Crippen LogP) is 1.85. The van der Waals surface area contributed by atoms with Crippen LogP contribution in [0, 0.1) is 27.7 Å². The molecule has 0 atom stereocenters. The Kier molecular flexibility index (Phi) is 11.9. The number of benzene rings is 2. The fraction of sp³-hybridized carbons (Fsp3) is 0.182. The van der Waals surface area contributed by atoms with Crippen LogP contribution in [0.15, 0.2) is 69.5 Å². The molecule has 0 saturated carbocycles. The minimum Gasteiger partial charge on any atom is -0.370 e. The molecule has 10 nitrogen and oxygen atoms in total. The van der Waals surface area contributed by atoms with Crippen molar-refractivity contribution < 1.29 is 0 Å². The summed E-state index contributed by atoms with van der Waals surface area (Å²) in [6.07, 6.45) is 0. The van der Waals surface area contributed by atoms with Crippen molar-refractivity contribution in [3.05, 3.63) is 71.8 Å². The third-order valence-corrected chi connectivity index (χ3v) is 3.66. The average Bonchev–Trinajstić information content (AvgIpc) is 2.67. The van der Waals surface area contributed by atoms with Gasteiger partial charge in [-0.05, 0) is 51.0 Å². The smallest absolute Gasteiger partial charge is 0.223 e. The first kappa shape index (κ1) is 27.7. The molecule has 0 radical (unpaired) electrons. The summed E-state index contributed by atoms with van der Waals surface area (Å²) in [5.74, 6) is -0.0778. The second-order valence-corrected chi connectivity index (χ2v) is 6.59. The number of aryl methyl sites for hydroxylation is 4. The molecule has 12 N–H and O–H groups in total. The van der Waals surface area contributed by atoms with Gasteiger partial charge in [0.25, 0.3) is 0 Å². The number of hydrogen-bond acceptors (Lipinski definition) is 2. The maximum Gasteiger partial charge on any atom is 0.223 e. The van der Waals surface area contributed by atoms with Gasteiger partial charge in [0.15, 0.2) is 11.9 Å². The molecule has 0 unspecified atom stereocenters. The van der Waals surface area contributed by atoms with Crippen molar-refractivity contribution >= 4 is 35.2 Å². The van der Waals surface area contributed by atoms with Crippen molar-refractivity contribution in [2.75, 3.05) is 0 Å². The summed E-state index contributed by atoms with van der Waals surface area (Å²) in [6.45, 7) is 13.9. The average molecular weight is 439 g/mol. The van der Waals surface area contributed by atoms with Crippen LogP contribution in [-0.4, -0.2) is 23.8 Å². The number of aliphatic imine (C=N–C) groups is 4. The molecule has 32 heavy (non-hydrogen) atoms. The summed E-state index contributed by atoms with van der Waals surface area (Å²) in [4.78, 5) is 15.4. The van der Waals surface area contributed by atoms with Gasteiger partial charge in [-0.25, -0.2) is 9.98 Å². The quantitative estimate of drug-likeness (QED) is 0.234. The van der Waals surface area contributed by atoms with E-state index in [-0.39, 0.29) is 23.8 Å². The van der Waals surface area contributed by atoms with Crippen molar-refractivity contribution in [2.45, 2.75) is 27.7 Å². The number of nitrogens with two attached hydrogens (primary N) is 6. The summed E-state index contributed by atoms with van der Waals surface area (Å²) in [7, 11) is 0. The van der Waals surface area contributed by atoms with E-state index in [2.05, 4.69) is 33.1 Å². The number of rotatable bonds is 2. The lowest BCUT2D eigenvalue weighted by atomic mass is 10.1. The van der Waals surface area contributed by atoms with Crippen LogP contribution in [-0.2, 0) is 0 Å². The molecule has 0 spiro atoms. The van der Waals surface area contributed by atoms with Gasteiger partial charge in [-0.2, -0.15) is 9.98 Å². The zero-order valence-corrected chi connectivity index (χ0v) is 19.1. The maximum atomic E-state index is 5.52. The van der Waals surface area contributed by atoms with E-state index in [0.29, 0.717) is 0 Å². The second-order valence-electron chi connectivity index (χ2n) is 6.59. The molecule has 0 amide bonds. The van der Waals surface area contributed by atoms with E-state index >= 15 is 0 Å². The summed E-state index contributed by atoms with van der Waals surface area (Å²) >= 11 is 0. The van der Waals surface area contributed by atoms with Crippen LogP contribution in [0.4, 0.5) is 11.4 Å².